The second-order valence-corrected chi connectivity index (χ2v) is 6.07. The summed E-state index contributed by atoms with van der Waals surface area (Å²) in [6, 6.07) is 7.82. The van der Waals surface area contributed by atoms with Crippen molar-refractivity contribution in [2.45, 2.75) is 6.92 Å². The number of likely N-dealkylation sites (N-methyl/N-ethyl adjacent to an activating group) is 1. The molecule has 1 aliphatic rings. The zero-order chi connectivity index (χ0) is 12.4. The third kappa shape index (κ3) is 2.78. The van der Waals surface area contributed by atoms with Crippen LogP contribution in [0.5, 0.6) is 0 Å². The molecule has 1 heterocycles. The fourth-order valence-corrected chi connectivity index (χ4v) is 3.13. The summed E-state index contributed by atoms with van der Waals surface area (Å²) < 4.78 is 1.66. The highest BCUT2D eigenvalue weighted by molar-refractivity contribution is 9.10. The van der Waals surface area contributed by atoms with E-state index in [4.69, 9.17) is 12.2 Å². The van der Waals surface area contributed by atoms with Gasteiger partial charge in [-0.15, -0.1) is 0 Å². The molecule has 0 unspecified atom stereocenters. The van der Waals surface area contributed by atoms with Crippen molar-refractivity contribution in [3.63, 3.8) is 0 Å². The number of hydrogen-bond donors (Lipinski definition) is 0. The number of carbonyl (C=O) groups is 1. The van der Waals surface area contributed by atoms with E-state index in [-0.39, 0.29) is 5.91 Å². The number of rotatable bonds is 2. The smallest absolute Gasteiger partial charge is 0.266 e. The first-order valence-corrected chi connectivity index (χ1v) is 7.14. The zero-order valence-electron chi connectivity index (χ0n) is 9.14. The van der Waals surface area contributed by atoms with E-state index in [1.165, 1.54) is 11.8 Å². The van der Waals surface area contributed by atoms with E-state index in [0.29, 0.717) is 15.8 Å². The lowest BCUT2D eigenvalue weighted by Crippen LogP contribution is -2.27. The molecule has 0 bridgehead atoms. The molecule has 2 nitrogen and oxygen atoms in total. The van der Waals surface area contributed by atoms with E-state index >= 15 is 0 Å². The Morgan fingerprint density at radius 2 is 2.06 bits per heavy atom. The fourth-order valence-electron chi connectivity index (χ4n) is 1.48. The molecule has 0 aromatic heterocycles. The molecule has 1 aromatic rings. The molecule has 1 saturated heterocycles. The molecule has 17 heavy (non-hydrogen) atoms. The molecule has 0 aliphatic carbocycles. The van der Waals surface area contributed by atoms with Gasteiger partial charge in [-0.1, -0.05) is 52.0 Å². The minimum atomic E-state index is 0.00502. The topological polar surface area (TPSA) is 20.3 Å². The summed E-state index contributed by atoms with van der Waals surface area (Å²) in [5.74, 6) is 0.00502. The van der Waals surface area contributed by atoms with E-state index in [0.717, 1.165) is 10.0 Å². The van der Waals surface area contributed by atoms with Crippen LogP contribution in [0.2, 0.25) is 0 Å². The highest BCUT2D eigenvalue weighted by atomic mass is 79.9. The molecule has 2 rings (SSSR count). The average Bonchev–Trinajstić information content (AvgIpc) is 2.57. The minimum Gasteiger partial charge on any atom is -0.293 e. The van der Waals surface area contributed by atoms with Crippen molar-refractivity contribution in [2.24, 2.45) is 0 Å². The molecule has 5 heteroatoms. The van der Waals surface area contributed by atoms with Crippen LogP contribution in [0.15, 0.2) is 33.6 Å². The van der Waals surface area contributed by atoms with E-state index in [1.54, 1.807) is 4.90 Å². The first-order chi connectivity index (χ1) is 8.11. The van der Waals surface area contributed by atoms with Crippen LogP contribution in [0.4, 0.5) is 0 Å². The van der Waals surface area contributed by atoms with Gasteiger partial charge in [-0.3, -0.25) is 9.69 Å². The van der Waals surface area contributed by atoms with Crippen LogP contribution in [0.25, 0.3) is 6.08 Å². The second-order valence-electron chi connectivity index (χ2n) is 3.48. The number of nitrogens with zero attached hydrogens (tertiary/aromatic N) is 1. The van der Waals surface area contributed by atoms with Gasteiger partial charge in [-0.25, -0.2) is 0 Å². The molecule has 0 atom stereocenters. The summed E-state index contributed by atoms with van der Waals surface area (Å²) in [5, 5.41) is 0. The van der Waals surface area contributed by atoms with Gasteiger partial charge in [0.2, 0.25) is 0 Å². The molecule has 0 radical (unpaired) electrons. The maximum atomic E-state index is 12.0. The largest absolute Gasteiger partial charge is 0.293 e. The van der Waals surface area contributed by atoms with Crippen LogP contribution < -0.4 is 0 Å². The molecule has 0 spiro atoms. The number of benzene rings is 1. The fraction of sp³-hybridized carbons (Fsp3) is 0.167. The molecule has 1 fully saturated rings. The van der Waals surface area contributed by atoms with Crippen molar-refractivity contribution >= 4 is 56.2 Å². The first kappa shape index (κ1) is 12.8. The highest BCUT2D eigenvalue weighted by Crippen LogP contribution is 2.32. The van der Waals surface area contributed by atoms with Crippen molar-refractivity contribution in [1.29, 1.82) is 0 Å². The van der Waals surface area contributed by atoms with Crippen molar-refractivity contribution in [1.82, 2.24) is 4.90 Å². The summed E-state index contributed by atoms with van der Waals surface area (Å²) in [4.78, 5) is 14.3. The Kier molecular flexibility index (Phi) is 4.01. The van der Waals surface area contributed by atoms with Crippen LogP contribution in [0, 0.1) is 0 Å². The second kappa shape index (κ2) is 5.33. The molecule has 88 valence electrons. The van der Waals surface area contributed by atoms with Crippen LogP contribution in [0.1, 0.15) is 12.5 Å². The van der Waals surface area contributed by atoms with Crippen LogP contribution in [-0.4, -0.2) is 21.7 Å². The maximum Gasteiger partial charge on any atom is 0.266 e. The summed E-state index contributed by atoms with van der Waals surface area (Å²) >= 11 is 9.89. The Morgan fingerprint density at radius 3 is 2.59 bits per heavy atom. The predicted octanol–water partition coefficient (Wildman–Crippen LogP) is 3.67. The Balaban J connectivity index is 2.27. The molecular weight excluding hydrogens is 318 g/mol. The number of hydrogen-bond acceptors (Lipinski definition) is 3. The Hall–Kier alpha value is -0.650. The molecule has 1 aliphatic heterocycles. The van der Waals surface area contributed by atoms with Gasteiger partial charge in [0.15, 0.2) is 0 Å². The highest BCUT2D eigenvalue weighted by Gasteiger charge is 2.30. The SMILES string of the molecule is CCN1C(=O)/C(=C/c2ccc(Br)cc2)SC1=S. The predicted molar refractivity (Wildman–Crippen MR) is 79.7 cm³/mol. The monoisotopic (exact) mass is 327 g/mol. The summed E-state index contributed by atoms with van der Waals surface area (Å²) in [6.07, 6.45) is 1.88. The van der Waals surface area contributed by atoms with Crippen molar-refractivity contribution in [3.8, 4) is 0 Å². The number of amides is 1. The summed E-state index contributed by atoms with van der Waals surface area (Å²) in [6.45, 7) is 2.55. The average molecular weight is 328 g/mol. The van der Waals surface area contributed by atoms with Crippen molar-refractivity contribution < 1.29 is 4.79 Å². The first-order valence-electron chi connectivity index (χ1n) is 5.12. The van der Waals surface area contributed by atoms with E-state index in [2.05, 4.69) is 15.9 Å². The van der Waals surface area contributed by atoms with Gasteiger partial charge in [0.25, 0.3) is 5.91 Å². The van der Waals surface area contributed by atoms with E-state index < -0.39 is 0 Å². The number of carbonyl (C=O) groups excluding carboxylic acids is 1. The molecule has 0 saturated carbocycles. The van der Waals surface area contributed by atoms with Gasteiger partial charge in [-0.2, -0.15) is 0 Å². The van der Waals surface area contributed by atoms with Crippen molar-refractivity contribution in [2.75, 3.05) is 6.54 Å². The quantitative estimate of drug-likeness (QED) is 0.610. The molecular formula is C12H10BrNOS2. The van der Waals surface area contributed by atoms with Gasteiger partial charge < -0.3 is 0 Å². The summed E-state index contributed by atoms with van der Waals surface area (Å²) in [5.41, 5.74) is 1.00. The Labute approximate surface area is 118 Å². The third-order valence-corrected chi connectivity index (χ3v) is 4.26. The van der Waals surface area contributed by atoms with Gasteiger partial charge in [0.05, 0.1) is 4.91 Å². The zero-order valence-corrected chi connectivity index (χ0v) is 12.4. The normalized spacial score (nSPS) is 18.2. The summed E-state index contributed by atoms with van der Waals surface area (Å²) in [7, 11) is 0. The van der Waals surface area contributed by atoms with Crippen LogP contribution in [-0.2, 0) is 4.79 Å². The third-order valence-electron chi connectivity index (χ3n) is 2.36. The lowest BCUT2D eigenvalue weighted by atomic mass is 10.2. The Morgan fingerprint density at radius 1 is 1.41 bits per heavy atom. The Bertz CT molecular complexity index is 496. The molecule has 0 N–H and O–H groups in total. The lowest BCUT2D eigenvalue weighted by Gasteiger charge is -2.09. The minimum absolute atomic E-state index is 0.00502. The van der Waals surface area contributed by atoms with Gasteiger partial charge in [-0.05, 0) is 30.7 Å². The standard InChI is InChI=1S/C12H10BrNOS2/c1-2-14-11(15)10(17-12(14)16)7-8-3-5-9(13)6-4-8/h3-7H,2H2,1H3/b10-7-. The lowest BCUT2D eigenvalue weighted by molar-refractivity contribution is -0.121. The van der Waals surface area contributed by atoms with Gasteiger partial charge >= 0.3 is 0 Å². The van der Waals surface area contributed by atoms with Gasteiger partial charge in [0, 0.05) is 11.0 Å². The van der Waals surface area contributed by atoms with Gasteiger partial charge in [0.1, 0.15) is 4.32 Å². The van der Waals surface area contributed by atoms with E-state index in [1.807, 2.05) is 37.3 Å². The number of thiocarbonyl (C=S) groups is 1. The number of thioether (sulfide) groups is 1. The molecule has 1 amide bonds. The van der Waals surface area contributed by atoms with Crippen LogP contribution >= 0.6 is 39.9 Å². The van der Waals surface area contributed by atoms with Crippen LogP contribution in [0.3, 0.4) is 0 Å². The van der Waals surface area contributed by atoms with Crippen molar-refractivity contribution in [3.05, 3.63) is 39.2 Å². The number of halogens is 1. The molecule has 1 aromatic carbocycles. The van der Waals surface area contributed by atoms with E-state index in [9.17, 15) is 4.79 Å². The maximum absolute atomic E-state index is 12.0.